The Morgan fingerprint density at radius 3 is 2.68 bits per heavy atom. The summed E-state index contributed by atoms with van der Waals surface area (Å²) in [6, 6.07) is 12.4. The van der Waals surface area contributed by atoms with Gasteiger partial charge in [0.15, 0.2) is 0 Å². The minimum absolute atomic E-state index is 0.236. The van der Waals surface area contributed by atoms with E-state index >= 15 is 0 Å². The number of aromatic nitrogens is 2. The Kier molecular flexibility index (Phi) is 3.47. The molecular weight excluding hydrogens is 280 g/mol. The van der Waals surface area contributed by atoms with Crippen molar-refractivity contribution in [3.63, 3.8) is 0 Å². The van der Waals surface area contributed by atoms with Gasteiger partial charge in [0.25, 0.3) is 5.56 Å². The summed E-state index contributed by atoms with van der Waals surface area (Å²) in [5.74, 6) is 0.0269. The number of fused-ring (bicyclic) bond motifs is 1. The van der Waals surface area contributed by atoms with Gasteiger partial charge in [0.05, 0.1) is 23.6 Å². The first-order valence-electron chi connectivity index (χ1n) is 6.78. The van der Waals surface area contributed by atoms with E-state index in [4.69, 9.17) is 4.74 Å². The zero-order valence-corrected chi connectivity index (χ0v) is 12.2. The Hall–Kier alpha value is -2.95. The first-order valence-corrected chi connectivity index (χ1v) is 6.78. The minimum atomic E-state index is -0.457. The molecule has 0 atom stereocenters. The highest BCUT2D eigenvalue weighted by Gasteiger charge is 2.11. The molecule has 0 aliphatic rings. The highest BCUT2D eigenvalue weighted by atomic mass is 16.5. The maximum Gasteiger partial charge on any atom is 0.337 e. The van der Waals surface area contributed by atoms with Gasteiger partial charge in [0.1, 0.15) is 5.82 Å². The number of H-pyrrole nitrogens is 1. The predicted octanol–water partition coefficient (Wildman–Crippen LogP) is 2.69. The average Bonchev–Trinajstić information content (AvgIpc) is 2.54. The Labute approximate surface area is 126 Å². The molecule has 5 nitrogen and oxygen atoms in total. The molecule has 1 N–H and O–H groups in total. The number of carbonyl (C=O) groups excluding carboxylic acids is 1. The fraction of sp³-hybridized carbons (Fsp3) is 0.118. The van der Waals surface area contributed by atoms with Gasteiger partial charge in [0.2, 0.25) is 0 Å². The second-order valence-corrected chi connectivity index (χ2v) is 4.95. The van der Waals surface area contributed by atoms with Crippen molar-refractivity contribution in [2.45, 2.75) is 6.92 Å². The smallest absolute Gasteiger partial charge is 0.337 e. The van der Waals surface area contributed by atoms with Gasteiger partial charge in [-0.25, -0.2) is 9.78 Å². The Morgan fingerprint density at radius 2 is 1.95 bits per heavy atom. The van der Waals surface area contributed by atoms with Crippen molar-refractivity contribution in [3.05, 3.63) is 63.9 Å². The third kappa shape index (κ3) is 2.37. The molecule has 0 fully saturated rings. The molecule has 0 spiro atoms. The first-order chi connectivity index (χ1) is 10.6. The number of aryl methyl sites for hydroxylation is 1. The van der Waals surface area contributed by atoms with E-state index in [-0.39, 0.29) is 5.56 Å². The number of ether oxygens (including phenoxy) is 1. The Balaban J connectivity index is 2.24. The lowest BCUT2D eigenvalue weighted by atomic mass is 10.1. The number of hydrogen-bond acceptors (Lipinski definition) is 4. The van der Waals surface area contributed by atoms with Crippen LogP contribution < -0.4 is 5.56 Å². The van der Waals surface area contributed by atoms with Crippen LogP contribution in [0.4, 0.5) is 0 Å². The fourth-order valence-corrected chi connectivity index (χ4v) is 2.35. The van der Waals surface area contributed by atoms with Gasteiger partial charge in [-0.15, -0.1) is 0 Å². The van der Waals surface area contributed by atoms with Crippen LogP contribution in [0.15, 0.2) is 47.3 Å². The maximum atomic E-state index is 12.2. The lowest BCUT2D eigenvalue weighted by Gasteiger charge is -2.07. The van der Waals surface area contributed by atoms with Crippen molar-refractivity contribution >= 4 is 16.9 Å². The second kappa shape index (κ2) is 5.44. The van der Waals surface area contributed by atoms with Crippen LogP contribution in [0, 0.1) is 6.92 Å². The van der Waals surface area contributed by atoms with Gasteiger partial charge in [0, 0.05) is 5.56 Å². The van der Waals surface area contributed by atoms with Crippen molar-refractivity contribution in [3.8, 4) is 11.4 Å². The van der Waals surface area contributed by atoms with Crippen LogP contribution >= 0.6 is 0 Å². The molecule has 1 heterocycles. The van der Waals surface area contributed by atoms with Crippen molar-refractivity contribution in [1.82, 2.24) is 9.97 Å². The van der Waals surface area contributed by atoms with Crippen molar-refractivity contribution in [1.29, 1.82) is 0 Å². The average molecular weight is 294 g/mol. The molecule has 0 radical (unpaired) electrons. The molecule has 0 bridgehead atoms. The molecule has 3 aromatic rings. The van der Waals surface area contributed by atoms with E-state index in [0.29, 0.717) is 22.3 Å². The molecule has 3 rings (SSSR count). The number of benzene rings is 2. The molecule has 1 aromatic heterocycles. The summed E-state index contributed by atoms with van der Waals surface area (Å²) in [7, 11) is 1.32. The highest BCUT2D eigenvalue weighted by molar-refractivity contribution is 5.94. The third-order valence-corrected chi connectivity index (χ3v) is 3.53. The largest absolute Gasteiger partial charge is 0.465 e. The standard InChI is InChI=1S/C17H14N2O3/c1-10-5-3-4-6-12(10)15-18-14-9-11(17(21)22-2)7-8-13(14)16(20)19-15/h3-9H,1-2H3,(H,18,19,20). The van der Waals surface area contributed by atoms with Crippen LogP contribution in [0.3, 0.4) is 0 Å². The molecule has 0 saturated carbocycles. The molecular formula is C17H14N2O3. The number of esters is 1. The molecule has 5 heteroatoms. The highest BCUT2D eigenvalue weighted by Crippen LogP contribution is 2.20. The number of methoxy groups -OCH3 is 1. The van der Waals surface area contributed by atoms with E-state index in [9.17, 15) is 9.59 Å². The van der Waals surface area contributed by atoms with Crippen LogP contribution in [-0.4, -0.2) is 23.0 Å². The molecule has 0 unspecified atom stereocenters. The molecule has 0 aliphatic heterocycles. The van der Waals surface area contributed by atoms with Gasteiger partial charge in [-0.1, -0.05) is 24.3 Å². The Bertz CT molecular complexity index is 929. The number of carbonyl (C=O) groups is 1. The second-order valence-electron chi connectivity index (χ2n) is 4.95. The van der Waals surface area contributed by atoms with Crippen molar-refractivity contribution < 1.29 is 9.53 Å². The van der Waals surface area contributed by atoms with Crippen LogP contribution in [0.1, 0.15) is 15.9 Å². The normalized spacial score (nSPS) is 10.6. The van der Waals surface area contributed by atoms with Gasteiger partial charge < -0.3 is 9.72 Å². The monoisotopic (exact) mass is 294 g/mol. The number of nitrogens with one attached hydrogen (secondary N) is 1. The molecule has 110 valence electrons. The number of aromatic amines is 1. The van der Waals surface area contributed by atoms with Gasteiger partial charge in [-0.3, -0.25) is 4.79 Å². The molecule has 22 heavy (non-hydrogen) atoms. The van der Waals surface area contributed by atoms with E-state index in [2.05, 4.69) is 9.97 Å². The predicted molar refractivity (Wildman–Crippen MR) is 83.9 cm³/mol. The van der Waals surface area contributed by atoms with Gasteiger partial charge >= 0.3 is 5.97 Å². The van der Waals surface area contributed by atoms with Gasteiger partial charge in [-0.2, -0.15) is 0 Å². The fourth-order valence-electron chi connectivity index (χ4n) is 2.35. The summed E-state index contributed by atoms with van der Waals surface area (Å²) in [5, 5.41) is 0.435. The summed E-state index contributed by atoms with van der Waals surface area (Å²) in [6.07, 6.45) is 0. The molecule has 0 aliphatic carbocycles. The third-order valence-electron chi connectivity index (χ3n) is 3.53. The van der Waals surface area contributed by atoms with Crippen LogP contribution in [0.5, 0.6) is 0 Å². The minimum Gasteiger partial charge on any atom is -0.465 e. The van der Waals surface area contributed by atoms with Crippen molar-refractivity contribution in [2.24, 2.45) is 0 Å². The summed E-state index contributed by atoms with van der Waals surface area (Å²) in [4.78, 5) is 31.1. The zero-order valence-electron chi connectivity index (χ0n) is 12.2. The van der Waals surface area contributed by atoms with E-state index in [0.717, 1.165) is 11.1 Å². The lowest BCUT2D eigenvalue weighted by molar-refractivity contribution is 0.0601. The van der Waals surface area contributed by atoms with Crippen LogP contribution in [0.2, 0.25) is 0 Å². The SMILES string of the molecule is COC(=O)c1ccc2c(=O)[nH]c(-c3ccccc3C)nc2c1. The van der Waals surface area contributed by atoms with E-state index < -0.39 is 5.97 Å². The number of hydrogen-bond donors (Lipinski definition) is 1. The molecule has 0 amide bonds. The number of rotatable bonds is 2. The van der Waals surface area contributed by atoms with Gasteiger partial charge in [-0.05, 0) is 30.7 Å². The van der Waals surface area contributed by atoms with E-state index in [1.54, 1.807) is 18.2 Å². The lowest BCUT2D eigenvalue weighted by Crippen LogP contribution is -2.11. The molecule has 2 aromatic carbocycles. The van der Waals surface area contributed by atoms with E-state index in [1.165, 1.54) is 7.11 Å². The molecule has 0 saturated heterocycles. The summed E-state index contributed by atoms with van der Waals surface area (Å²) < 4.78 is 4.70. The summed E-state index contributed by atoms with van der Waals surface area (Å²) in [5.41, 5.74) is 2.45. The van der Waals surface area contributed by atoms with Crippen molar-refractivity contribution in [2.75, 3.05) is 7.11 Å². The summed E-state index contributed by atoms with van der Waals surface area (Å²) in [6.45, 7) is 1.95. The topological polar surface area (TPSA) is 72.1 Å². The maximum absolute atomic E-state index is 12.2. The first kappa shape index (κ1) is 14.0. The Morgan fingerprint density at radius 1 is 1.18 bits per heavy atom. The number of nitrogens with zero attached hydrogens (tertiary/aromatic N) is 1. The van der Waals surface area contributed by atoms with E-state index in [1.807, 2.05) is 31.2 Å². The zero-order chi connectivity index (χ0) is 15.7. The summed E-state index contributed by atoms with van der Waals surface area (Å²) >= 11 is 0. The van der Waals surface area contributed by atoms with Crippen LogP contribution in [0.25, 0.3) is 22.3 Å². The van der Waals surface area contributed by atoms with Crippen LogP contribution in [-0.2, 0) is 4.74 Å². The quantitative estimate of drug-likeness (QED) is 0.738.